The quantitative estimate of drug-likeness (QED) is 0.446. The van der Waals surface area contributed by atoms with E-state index in [2.05, 4.69) is 0 Å². The van der Waals surface area contributed by atoms with Crippen molar-refractivity contribution in [2.24, 2.45) is 0 Å². The zero-order chi connectivity index (χ0) is 0. The molecule has 0 saturated heterocycles. The first-order valence-electron chi connectivity index (χ1n) is 0. The van der Waals surface area contributed by atoms with Crippen molar-refractivity contribution in [3.8, 4) is 0 Å². The minimum absolute atomic E-state index is 0. The summed E-state index contributed by atoms with van der Waals surface area (Å²) in [5.41, 5.74) is 0. The normalized spacial score (nSPS) is 0. The Labute approximate surface area is 70.3 Å². The van der Waals surface area contributed by atoms with Gasteiger partial charge in [-0.1, -0.05) is 0 Å². The molecule has 2 N–H and O–H groups in total. The van der Waals surface area contributed by atoms with Crippen LogP contribution < -0.4 is 0 Å². The Hall–Kier alpha value is 0.929. The molecule has 0 aliphatic heterocycles. The van der Waals surface area contributed by atoms with E-state index in [1.54, 1.807) is 0 Å². The largest absolute Gasteiger partial charge is 2.00 e. The molecular formula is H2O6V2-10. The average molecular weight is 200 g/mol. The molecule has 0 saturated carbocycles. The predicted molar refractivity (Wildman–Crippen MR) is 7.05 cm³/mol. The maximum Gasteiger partial charge on any atom is 0 e. The van der Waals surface area contributed by atoms with Crippen LogP contribution in [-0.4, -0.2) is 5.48 Å². The van der Waals surface area contributed by atoms with Crippen molar-refractivity contribution in [1.29, 1.82) is 0 Å². The monoisotopic (exact) mass is 200 g/mol. The van der Waals surface area contributed by atoms with Crippen molar-refractivity contribution in [3.05, 3.63) is 0 Å². The summed E-state index contributed by atoms with van der Waals surface area (Å²) in [6.45, 7) is 0. The number of hydrogen-bond donors (Lipinski definition) is 0. The number of hydrogen-bond acceptors (Lipinski definition) is 0. The van der Waals surface area contributed by atoms with Gasteiger partial charge in [-0.2, -0.15) is 0 Å². The zero-order valence-electron chi connectivity index (χ0n) is 3.44. The van der Waals surface area contributed by atoms with Gasteiger partial charge in [-0.25, -0.2) is 0 Å². The first-order chi connectivity index (χ1) is 0. The third kappa shape index (κ3) is 282. The van der Waals surface area contributed by atoms with Gasteiger partial charge >= 0.3 is 0 Å². The molecule has 0 heterocycles. The summed E-state index contributed by atoms with van der Waals surface area (Å²) in [5.74, 6) is 0. The average Bonchev–Trinajstić information content (AvgIpc) is 0. The van der Waals surface area contributed by atoms with Gasteiger partial charge in [-0.3, -0.25) is 0 Å². The summed E-state index contributed by atoms with van der Waals surface area (Å²) >= 11 is 0. The summed E-state index contributed by atoms with van der Waals surface area (Å²) < 4.78 is 0. The van der Waals surface area contributed by atoms with Crippen LogP contribution in [0.1, 0.15) is 0 Å². The maximum absolute atomic E-state index is 0. The van der Waals surface area contributed by atoms with E-state index in [4.69, 9.17) is 0 Å². The Morgan fingerprint density at radius 2 is 0.375 bits per heavy atom. The summed E-state index contributed by atoms with van der Waals surface area (Å²) in [4.78, 5) is 0. The Kier molecular flexibility index (Phi) is 35900. The van der Waals surface area contributed by atoms with Gasteiger partial charge in [0.25, 0.3) is 0 Å². The molecule has 6 nitrogen and oxygen atoms in total. The van der Waals surface area contributed by atoms with Gasteiger partial charge in [0, 0.05) is 37.1 Å². The molecule has 0 aromatic rings. The van der Waals surface area contributed by atoms with Crippen molar-refractivity contribution >= 4 is 0 Å². The molecule has 0 amide bonds. The van der Waals surface area contributed by atoms with Gasteiger partial charge in [-0.05, 0) is 0 Å². The van der Waals surface area contributed by atoms with Crippen molar-refractivity contribution in [2.75, 3.05) is 0 Å². The molecule has 0 atom stereocenters. The standard InChI is InChI=1S/H2O.5O.2V/h1H2;;;;;;;/q;5*-2;;. The molecule has 8 heteroatoms. The molecule has 0 fully saturated rings. The molecule has 0 spiro atoms. The minimum atomic E-state index is 0. The second-order valence-electron chi connectivity index (χ2n) is 0. The molecule has 8 heavy (non-hydrogen) atoms. The van der Waals surface area contributed by atoms with E-state index in [0.29, 0.717) is 0 Å². The van der Waals surface area contributed by atoms with E-state index in [0.717, 1.165) is 0 Å². The third-order valence-electron chi connectivity index (χ3n) is 0. The summed E-state index contributed by atoms with van der Waals surface area (Å²) in [6, 6.07) is 0. The van der Waals surface area contributed by atoms with Crippen LogP contribution in [0.2, 0.25) is 0 Å². The van der Waals surface area contributed by atoms with Crippen LogP contribution in [0.5, 0.6) is 0 Å². The molecule has 0 rings (SSSR count). The molecule has 0 bridgehead atoms. The van der Waals surface area contributed by atoms with Crippen LogP contribution in [0.3, 0.4) is 0 Å². The fraction of sp³-hybridized carbons (Fsp3) is 0. The fourth-order valence-electron chi connectivity index (χ4n) is 0. The second kappa shape index (κ2) is 441. The molecule has 0 aromatic heterocycles. The van der Waals surface area contributed by atoms with Gasteiger partial charge in [0.2, 0.25) is 0 Å². The smallest absolute Gasteiger partial charge is 0 e. The van der Waals surface area contributed by atoms with E-state index in [9.17, 15) is 0 Å². The topological polar surface area (TPSA) is 174 Å². The predicted octanol–water partition coefficient (Wildman–Crippen LogP) is -1.42. The summed E-state index contributed by atoms with van der Waals surface area (Å²) in [6.07, 6.45) is 0. The summed E-state index contributed by atoms with van der Waals surface area (Å²) in [7, 11) is 0. The van der Waals surface area contributed by atoms with Crippen LogP contribution >= 0.6 is 0 Å². The van der Waals surface area contributed by atoms with E-state index in [1.807, 2.05) is 0 Å². The molecule has 0 aromatic carbocycles. The van der Waals surface area contributed by atoms with Gasteiger partial charge in [0.05, 0.1) is 0 Å². The fourth-order valence-corrected chi connectivity index (χ4v) is 0. The molecule has 58 valence electrons. The van der Waals surface area contributed by atoms with Crippen molar-refractivity contribution in [2.45, 2.75) is 0 Å². The Balaban J connectivity index is 0. The van der Waals surface area contributed by atoms with E-state index in [1.165, 1.54) is 0 Å². The number of rotatable bonds is 0. The molecular weight excluding hydrogens is 198 g/mol. The van der Waals surface area contributed by atoms with Crippen LogP contribution in [0.25, 0.3) is 0 Å². The van der Waals surface area contributed by atoms with E-state index < -0.39 is 0 Å². The Morgan fingerprint density at radius 1 is 0.375 bits per heavy atom. The molecule has 2 radical (unpaired) electrons. The van der Waals surface area contributed by atoms with Crippen molar-refractivity contribution in [3.63, 3.8) is 0 Å². The van der Waals surface area contributed by atoms with Gasteiger partial charge in [-0.15, -0.1) is 0 Å². The van der Waals surface area contributed by atoms with Crippen LogP contribution in [0, 0.1) is 0 Å². The van der Waals surface area contributed by atoms with Gasteiger partial charge < -0.3 is 32.9 Å². The van der Waals surface area contributed by atoms with Gasteiger partial charge in [0.1, 0.15) is 0 Å². The van der Waals surface area contributed by atoms with Crippen molar-refractivity contribution in [1.82, 2.24) is 0 Å². The van der Waals surface area contributed by atoms with Crippen LogP contribution in [0.4, 0.5) is 0 Å². The first kappa shape index (κ1) is 651. The molecule has 0 aliphatic carbocycles. The van der Waals surface area contributed by atoms with Crippen LogP contribution in [-0.2, 0) is 64.5 Å². The van der Waals surface area contributed by atoms with E-state index >= 15 is 0 Å². The third-order valence-corrected chi connectivity index (χ3v) is 0. The zero-order valence-corrected chi connectivity index (χ0v) is 6.23. The first-order valence-corrected chi connectivity index (χ1v) is 0. The van der Waals surface area contributed by atoms with Crippen molar-refractivity contribution < 1.29 is 70.0 Å². The minimum Gasteiger partial charge on any atom is -2.00 e. The SMILES string of the molecule is O.[O-2].[O-2].[O-2].[O-2].[O-2].[V].[V]. The van der Waals surface area contributed by atoms with Gasteiger partial charge in [0.15, 0.2) is 0 Å². The second-order valence-corrected chi connectivity index (χ2v) is 0. The Morgan fingerprint density at radius 3 is 0.375 bits per heavy atom. The van der Waals surface area contributed by atoms with E-state index in [-0.39, 0.29) is 70.0 Å². The van der Waals surface area contributed by atoms with Crippen LogP contribution in [0.15, 0.2) is 0 Å². The Bertz CT molecular complexity index is 6.49. The maximum atomic E-state index is 0. The summed E-state index contributed by atoms with van der Waals surface area (Å²) in [5, 5.41) is 0. The molecule has 0 unspecified atom stereocenters. The molecule has 0 aliphatic rings.